The first-order valence-electron chi connectivity index (χ1n) is 7.31. The van der Waals surface area contributed by atoms with E-state index in [0.29, 0.717) is 6.42 Å². The lowest BCUT2D eigenvalue weighted by Gasteiger charge is -2.40. The standard InChI is InChI=1S/C14H26N2O4S/c1-9(2)8-11-13(17)15-12(10(3)4)14(18)16(11)6-7-21(5,19)20/h9-12H,6-8H2,1-5H3,(H,15,17). The van der Waals surface area contributed by atoms with Crippen molar-refractivity contribution in [2.24, 2.45) is 11.8 Å². The van der Waals surface area contributed by atoms with Crippen molar-refractivity contribution in [1.82, 2.24) is 10.2 Å². The van der Waals surface area contributed by atoms with Crippen LogP contribution in [0, 0.1) is 11.8 Å². The molecule has 1 rings (SSSR count). The third-order valence-electron chi connectivity index (χ3n) is 3.59. The lowest BCUT2D eigenvalue weighted by Crippen LogP contribution is -2.65. The summed E-state index contributed by atoms with van der Waals surface area (Å²) in [5, 5.41) is 2.77. The Morgan fingerprint density at radius 2 is 1.76 bits per heavy atom. The van der Waals surface area contributed by atoms with Gasteiger partial charge in [-0.3, -0.25) is 9.59 Å². The summed E-state index contributed by atoms with van der Waals surface area (Å²) in [6.45, 7) is 7.74. The molecule has 122 valence electrons. The molecule has 1 N–H and O–H groups in total. The van der Waals surface area contributed by atoms with Gasteiger partial charge in [0, 0.05) is 12.8 Å². The minimum atomic E-state index is -3.18. The van der Waals surface area contributed by atoms with Gasteiger partial charge in [0.05, 0.1) is 5.75 Å². The SMILES string of the molecule is CC(C)CC1C(=O)NC(C(C)C)C(=O)N1CCS(C)(=O)=O. The molecule has 0 saturated carbocycles. The molecule has 7 heteroatoms. The van der Waals surface area contributed by atoms with Gasteiger partial charge >= 0.3 is 0 Å². The Bertz CT molecular complexity index is 499. The summed E-state index contributed by atoms with van der Waals surface area (Å²) in [4.78, 5) is 26.3. The van der Waals surface area contributed by atoms with Gasteiger partial charge in [-0.1, -0.05) is 27.7 Å². The molecular formula is C14H26N2O4S. The number of sulfone groups is 1. The molecular weight excluding hydrogens is 292 g/mol. The molecule has 1 saturated heterocycles. The Morgan fingerprint density at radius 3 is 2.19 bits per heavy atom. The summed E-state index contributed by atoms with van der Waals surface area (Å²) in [6.07, 6.45) is 1.67. The first-order valence-corrected chi connectivity index (χ1v) is 9.37. The minimum Gasteiger partial charge on any atom is -0.342 e. The molecule has 2 amide bonds. The van der Waals surface area contributed by atoms with Gasteiger partial charge in [-0.2, -0.15) is 0 Å². The second-order valence-electron chi connectivity index (χ2n) is 6.54. The van der Waals surface area contributed by atoms with Gasteiger partial charge in [-0.05, 0) is 18.3 Å². The summed E-state index contributed by atoms with van der Waals surface area (Å²) in [5.41, 5.74) is 0. The van der Waals surface area contributed by atoms with Crippen molar-refractivity contribution < 1.29 is 18.0 Å². The van der Waals surface area contributed by atoms with Crippen LogP contribution >= 0.6 is 0 Å². The number of hydrogen-bond donors (Lipinski definition) is 1. The van der Waals surface area contributed by atoms with Crippen molar-refractivity contribution in [3.63, 3.8) is 0 Å². The Hall–Kier alpha value is -1.11. The van der Waals surface area contributed by atoms with E-state index in [4.69, 9.17) is 0 Å². The lowest BCUT2D eigenvalue weighted by molar-refractivity contribution is -0.150. The third kappa shape index (κ3) is 4.98. The molecule has 0 aliphatic carbocycles. The quantitative estimate of drug-likeness (QED) is 0.770. The van der Waals surface area contributed by atoms with Crippen LogP contribution in [0.15, 0.2) is 0 Å². The van der Waals surface area contributed by atoms with Crippen LogP contribution in [0.1, 0.15) is 34.1 Å². The molecule has 1 fully saturated rings. The Kier molecular flexibility index (Phi) is 5.78. The van der Waals surface area contributed by atoms with Crippen LogP contribution in [0.3, 0.4) is 0 Å². The topological polar surface area (TPSA) is 83.6 Å². The van der Waals surface area contributed by atoms with Gasteiger partial charge in [0.1, 0.15) is 21.9 Å². The van der Waals surface area contributed by atoms with Gasteiger partial charge in [0.2, 0.25) is 11.8 Å². The van der Waals surface area contributed by atoms with Gasteiger partial charge in [-0.25, -0.2) is 8.42 Å². The third-order valence-corrected chi connectivity index (χ3v) is 4.51. The largest absolute Gasteiger partial charge is 0.342 e. The number of piperazine rings is 1. The molecule has 0 radical (unpaired) electrons. The van der Waals surface area contributed by atoms with E-state index in [-0.39, 0.29) is 35.9 Å². The van der Waals surface area contributed by atoms with E-state index in [0.717, 1.165) is 6.26 Å². The zero-order chi connectivity index (χ0) is 16.4. The van der Waals surface area contributed by atoms with Gasteiger partial charge in [0.25, 0.3) is 0 Å². The molecule has 1 heterocycles. The summed E-state index contributed by atoms with van der Waals surface area (Å²) in [7, 11) is -3.18. The number of nitrogens with zero attached hydrogens (tertiary/aromatic N) is 1. The number of hydrogen-bond acceptors (Lipinski definition) is 4. The van der Waals surface area contributed by atoms with Crippen molar-refractivity contribution >= 4 is 21.7 Å². The van der Waals surface area contributed by atoms with E-state index >= 15 is 0 Å². The van der Waals surface area contributed by atoms with E-state index in [2.05, 4.69) is 5.32 Å². The molecule has 2 unspecified atom stereocenters. The van der Waals surface area contributed by atoms with Crippen molar-refractivity contribution in [3.8, 4) is 0 Å². The molecule has 0 aromatic heterocycles. The van der Waals surface area contributed by atoms with Crippen LogP contribution in [0.2, 0.25) is 0 Å². The van der Waals surface area contributed by atoms with E-state index in [9.17, 15) is 18.0 Å². The fourth-order valence-electron chi connectivity index (χ4n) is 2.45. The first kappa shape index (κ1) is 17.9. The Labute approximate surface area is 127 Å². The smallest absolute Gasteiger partial charge is 0.246 e. The summed E-state index contributed by atoms with van der Waals surface area (Å²) in [5.74, 6) is -0.271. The fourth-order valence-corrected chi connectivity index (χ4v) is 2.98. The second-order valence-corrected chi connectivity index (χ2v) is 8.80. The maximum absolute atomic E-state index is 12.5. The number of nitrogens with one attached hydrogen (secondary N) is 1. The van der Waals surface area contributed by atoms with E-state index in [1.165, 1.54) is 4.90 Å². The van der Waals surface area contributed by atoms with Crippen molar-refractivity contribution in [2.45, 2.75) is 46.2 Å². The summed E-state index contributed by atoms with van der Waals surface area (Å²) in [6, 6.07) is -1.14. The van der Waals surface area contributed by atoms with Gasteiger partial charge in [0.15, 0.2) is 0 Å². The second kappa shape index (κ2) is 6.77. The maximum atomic E-state index is 12.5. The molecule has 0 bridgehead atoms. The summed E-state index contributed by atoms with van der Waals surface area (Å²) < 4.78 is 22.7. The van der Waals surface area contributed by atoms with E-state index < -0.39 is 21.9 Å². The monoisotopic (exact) mass is 318 g/mol. The number of amides is 2. The van der Waals surface area contributed by atoms with Crippen LogP contribution in [0.25, 0.3) is 0 Å². The molecule has 0 aromatic rings. The van der Waals surface area contributed by atoms with Gasteiger partial charge < -0.3 is 10.2 Å². The van der Waals surface area contributed by atoms with Gasteiger partial charge in [-0.15, -0.1) is 0 Å². The zero-order valence-corrected chi connectivity index (χ0v) is 14.2. The highest BCUT2D eigenvalue weighted by atomic mass is 32.2. The average molecular weight is 318 g/mol. The number of carbonyl (C=O) groups excluding carboxylic acids is 2. The fraction of sp³-hybridized carbons (Fsp3) is 0.857. The Morgan fingerprint density at radius 1 is 1.19 bits per heavy atom. The molecule has 0 spiro atoms. The van der Waals surface area contributed by atoms with Crippen LogP contribution in [-0.2, 0) is 19.4 Å². The number of carbonyl (C=O) groups is 2. The highest BCUT2D eigenvalue weighted by molar-refractivity contribution is 7.90. The van der Waals surface area contributed by atoms with E-state index in [1.807, 2.05) is 27.7 Å². The highest BCUT2D eigenvalue weighted by Crippen LogP contribution is 2.20. The zero-order valence-electron chi connectivity index (χ0n) is 13.4. The predicted octanol–water partition coefficient (Wildman–Crippen LogP) is 0.429. The van der Waals surface area contributed by atoms with E-state index in [1.54, 1.807) is 0 Å². The van der Waals surface area contributed by atoms with Crippen LogP contribution in [0.5, 0.6) is 0 Å². The predicted molar refractivity (Wildman–Crippen MR) is 81.4 cm³/mol. The molecule has 0 aromatic carbocycles. The van der Waals surface area contributed by atoms with Crippen LogP contribution < -0.4 is 5.32 Å². The maximum Gasteiger partial charge on any atom is 0.246 e. The normalized spacial score (nSPS) is 23.9. The molecule has 2 atom stereocenters. The average Bonchev–Trinajstić information content (AvgIpc) is 2.30. The first-order chi connectivity index (χ1) is 9.53. The molecule has 1 aliphatic rings. The van der Waals surface area contributed by atoms with Crippen molar-refractivity contribution in [1.29, 1.82) is 0 Å². The number of rotatable bonds is 6. The lowest BCUT2D eigenvalue weighted by atomic mass is 9.94. The summed E-state index contributed by atoms with van der Waals surface area (Å²) >= 11 is 0. The minimum absolute atomic E-state index is 0.0258. The molecule has 6 nitrogen and oxygen atoms in total. The van der Waals surface area contributed by atoms with Crippen molar-refractivity contribution in [2.75, 3.05) is 18.6 Å². The van der Waals surface area contributed by atoms with Crippen LogP contribution in [-0.4, -0.2) is 55.8 Å². The van der Waals surface area contributed by atoms with Crippen LogP contribution in [0.4, 0.5) is 0 Å². The Balaban J connectivity index is 2.99. The van der Waals surface area contributed by atoms with Crippen molar-refractivity contribution in [3.05, 3.63) is 0 Å². The molecule has 1 aliphatic heterocycles. The highest BCUT2D eigenvalue weighted by Gasteiger charge is 2.41. The molecule has 21 heavy (non-hydrogen) atoms.